The van der Waals surface area contributed by atoms with Crippen molar-refractivity contribution in [3.63, 3.8) is 0 Å². The molecule has 3 N–H and O–H groups in total. The van der Waals surface area contributed by atoms with Crippen molar-refractivity contribution in [1.82, 2.24) is 4.90 Å². The molecule has 7 nitrogen and oxygen atoms in total. The summed E-state index contributed by atoms with van der Waals surface area (Å²) in [7, 11) is 1.23. The second-order valence-electron chi connectivity index (χ2n) is 5.23. The number of methoxy groups -OCH3 is 1. The van der Waals surface area contributed by atoms with Crippen LogP contribution in [0.4, 0.5) is 5.69 Å². The van der Waals surface area contributed by atoms with Gasteiger partial charge in [-0.3, -0.25) is 4.79 Å². The number of nitrogens with one attached hydrogen (secondary N) is 1. The largest absolute Gasteiger partial charge is 0.507 e. The van der Waals surface area contributed by atoms with Crippen LogP contribution in [0.5, 0.6) is 5.75 Å². The predicted octanol–water partition coefficient (Wildman–Crippen LogP) is 1.74. The zero-order chi connectivity index (χ0) is 17.7. The van der Waals surface area contributed by atoms with Crippen molar-refractivity contribution >= 4 is 29.3 Å². The number of esters is 1. The van der Waals surface area contributed by atoms with Crippen LogP contribution in [0.2, 0.25) is 0 Å². The van der Waals surface area contributed by atoms with E-state index in [1.807, 2.05) is 11.8 Å². The Hall–Kier alpha value is -2.19. The lowest BCUT2D eigenvalue weighted by Gasteiger charge is -2.18. The van der Waals surface area contributed by atoms with E-state index in [4.69, 9.17) is 5.11 Å². The summed E-state index contributed by atoms with van der Waals surface area (Å²) in [5.74, 6) is -0.457. The summed E-state index contributed by atoms with van der Waals surface area (Å²) in [5, 5.41) is 21.5. The van der Waals surface area contributed by atoms with Gasteiger partial charge in [0, 0.05) is 35.4 Å². The van der Waals surface area contributed by atoms with Crippen LogP contribution in [0.1, 0.15) is 23.7 Å². The number of amides is 1. The molecule has 24 heavy (non-hydrogen) atoms. The van der Waals surface area contributed by atoms with Gasteiger partial charge in [0.15, 0.2) is 0 Å². The van der Waals surface area contributed by atoms with Gasteiger partial charge < -0.3 is 25.2 Å². The average molecular weight is 352 g/mol. The Bertz CT molecular complexity index is 674. The van der Waals surface area contributed by atoms with Gasteiger partial charge in [0.1, 0.15) is 11.3 Å². The van der Waals surface area contributed by atoms with Crippen molar-refractivity contribution in [2.45, 2.75) is 13.3 Å². The lowest BCUT2D eigenvalue weighted by Crippen LogP contribution is -2.30. The van der Waals surface area contributed by atoms with Crippen LogP contribution < -0.4 is 5.32 Å². The van der Waals surface area contributed by atoms with E-state index in [2.05, 4.69) is 10.1 Å². The Balaban J connectivity index is 1.98. The summed E-state index contributed by atoms with van der Waals surface area (Å²) in [4.78, 5) is 26.6. The molecule has 0 radical (unpaired) electrons. The summed E-state index contributed by atoms with van der Waals surface area (Å²) >= 11 is 1.62. The Morgan fingerprint density at radius 2 is 2.17 bits per heavy atom. The van der Waals surface area contributed by atoms with E-state index < -0.39 is 5.97 Å². The number of phenols is 1. The van der Waals surface area contributed by atoms with E-state index in [0.29, 0.717) is 18.0 Å². The van der Waals surface area contributed by atoms with Gasteiger partial charge in [-0.1, -0.05) is 0 Å². The monoisotopic (exact) mass is 352 g/mol. The van der Waals surface area contributed by atoms with Gasteiger partial charge in [-0.05, 0) is 19.1 Å². The summed E-state index contributed by atoms with van der Waals surface area (Å²) in [6.45, 7) is 2.19. The van der Waals surface area contributed by atoms with Crippen molar-refractivity contribution < 1.29 is 24.5 Å². The number of hydrogen-bond donors (Lipinski definition) is 3. The fraction of sp³-hybridized carbons (Fsp3) is 0.375. The number of rotatable bonds is 6. The Morgan fingerprint density at radius 3 is 2.79 bits per heavy atom. The number of allylic oxidation sites excluding steroid dienone is 1. The molecule has 0 atom stereocenters. The highest BCUT2D eigenvalue weighted by atomic mass is 32.2. The zero-order valence-electron chi connectivity index (χ0n) is 13.5. The van der Waals surface area contributed by atoms with Crippen LogP contribution >= 0.6 is 11.8 Å². The number of aromatic hydroxyl groups is 1. The Kier molecular flexibility index (Phi) is 6.10. The molecule has 1 aliphatic rings. The maximum atomic E-state index is 12.2. The van der Waals surface area contributed by atoms with Gasteiger partial charge >= 0.3 is 5.97 Å². The molecule has 8 heteroatoms. The molecule has 0 saturated carbocycles. The van der Waals surface area contributed by atoms with Gasteiger partial charge in [0.25, 0.3) is 0 Å². The fourth-order valence-corrected chi connectivity index (χ4v) is 3.49. The molecule has 1 aliphatic heterocycles. The predicted molar refractivity (Wildman–Crippen MR) is 91.6 cm³/mol. The van der Waals surface area contributed by atoms with E-state index >= 15 is 0 Å². The molecule has 1 aromatic carbocycles. The molecule has 0 aliphatic carbocycles. The number of phenolic OH excluding ortho intramolecular Hbond substituents is 1. The first-order valence-corrected chi connectivity index (χ1v) is 8.34. The second kappa shape index (κ2) is 8.07. The second-order valence-corrected chi connectivity index (χ2v) is 6.26. The molecule has 1 aromatic rings. The Morgan fingerprint density at radius 1 is 1.42 bits per heavy atom. The van der Waals surface area contributed by atoms with Crippen LogP contribution in [-0.4, -0.2) is 53.1 Å². The molecule has 0 fully saturated rings. The first-order chi connectivity index (χ1) is 11.5. The number of thioether (sulfide) groups is 1. The number of carbonyl (C=O) groups excluding carboxylic acids is 2. The van der Waals surface area contributed by atoms with Crippen LogP contribution in [-0.2, 0) is 9.53 Å². The molecule has 1 amide bonds. The van der Waals surface area contributed by atoms with Crippen LogP contribution in [0.3, 0.4) is 0 Å². The van der Waals surface area contributed by atoms with Gasteiger partial charge in [0.2, 0.25) is 5.91 Å². The minimum absolute atomic E-state index is 0.0406. The SMILES string of the molecule is COC(=O)c1ccc(NC(=O)CN2CSC(CCO)=C2C)cc1O. The molecule has 2 rings (SSSR count). The average Bonchev–Trinajstić information content (AvgIpc) is 2.88. The highest BCUT2D eigenvalue weighted by molar-refractivity contribution is 8.03. The minimum Gasteiger partial charge on any atom is -0.507 e. The van der Waals surface area contributed by atoms with Crippen molar-refractivity contribution in [3.05, 3.63) is 34.4 Å². The maximum absolute atomic E-state index is 12.2. The normalized spacial score (nSPS) is 14.0. The number of ether oxygens (including phenoxy) is 1. The third-order valence-corrected chi connectivity index (χ3v) is 4.92. The number of aliphatic hydroxyl groups is 1. The molecule has 0 saturated heterocycles. The zero-order valence-corrected chi connectivity index (χ0v) is 14.4. The number of nitrogens with zero attached hydrogens (tertiary/aromatic N) is 1. The molecule has 1 heterocycles. The smallest absolute Gasteiger partial charge is 0.341 e. The van der Waals surface area contributed by atoms with Crippen LogP contribution in [0.25, 0.3) is 0 Å². The number of benzene rings is 1. The van der Waals surface area contributed by atoms with Crippen molar-refractivity contribution in [2.75, 3.05) is 31.5 Å². The van der Waals surface area contributed by atoms with Crippen molar-refractivity contribution in [3.8, 4) is 5.75 Å². The van der Waals surface area contributed by atoms with Gasteiger partial charge in [-0.25, -0.2) is 4.79 Å². The Labute approximate surface area is 144 Å². The van der Waals surface area contributed by atoms with E-state index in [-0.39, 0.29) is 30.4 Å². The molecule has 130 valence electrons. The third kappa shape index (κ3) is 4.21. The molecule has 0 unspecified atom stereocenters. The maximum Gasteiger partial charge on any atom is 0.341 e. The number of hydrogen-bond acceptors (Lipinski definition) is 7. The number of anilines is 1. The lowest BCUT2D eigenvalue weighted by atomic mass is 10.2. The molecular formula is C16H20N2O5S. The summed E-state index contributed by atoms with van der Waals surface area (Å²) in [6.07, 6.45) is 0.595. The van der Waals surface area contributed by atoms with Gasteiger partial charge in [0.05, 0.1) is 19.5 Å². The lowest BCUT2D eigenvalue weighted by molar-refractivity contribution is -0.116. The summed E-state index contributed by atoms with van der Waals surface area (Å²) in [5.41, 5.74) is 1.43. The van der Waals surface area contributed by atoms with Crippen molar-refractivity contribution in [1.29, 1.82) is 0 Å². The molecule has 0 bridgehead atoms. The van der Waals surface area contributed by atoms with E-state index in [9.17, 15) is 14.7 Å². The van der Waals surface area contributed by atoms with Crippen LogP contribution in [0.15, 0.2) is 28.8 Å². The number of carbonyl (C=O) groups is 2. The highest BCUT2D eigenvalue weighted by Crippen LogP contribution is 2.33. The standard InChI is InChI=1S/C16H20N2O5S/c1-10-14(5-6-19)24-9-18(10)8-15(21)17-11-3-4-12(13(20)7-11)16(22)23-2/h3-4,7,19-20H,5-6,8-9H2,1-2H3,(H,17,21). The quantitative estimate of drug-likeness (QED) is 0.671. The molecular weight excluding hydrogens is 332 g/mol. The van der Waals surface area contributed by atoms with Gasteiger partial charge in [-0.2, -0.15) is 0 Å². The fourth-order valence-electron chi connectivity index (χ4n) is 2.32. The van der Waals surface area contributed by atoms with Gasteiger partial charge in [-0.15, -0.1) is 11.8 Å². The first kappa shape index (κ1) is 18.2. The third-order valence-electron chi connectivity index (χ3n) is 3.63. The van der Waals surface area contributed by atoms with E-state index in [1.54, 1.807) is 11.8 Å². The van der Waals surface area contributed by atoms with Crippen molar-refractivity contribution in [2.24, 2.45) is 0 Å². The van der Waals surface area contributed by atoms with E-state index in [0.717, 1.165) is 10.6 Å². The highest BCUT2D eigenvalue weighted by Gasteiger charge is 2.21. The topological polar surface area (TPSA) is 99.1 Å². The first-order valence-electron chi connectivity index (χ1n) is 7.35. The van der Waals surface area contributed by atoms with E-state index in [1.165, 1.54) is 25.3 Å². The molecule has 0 aromatic heterocycles. The minimum atomic E-state index is -0.642. The summed E-state index contributed by atoms with van der Waals surface area (Å²) < 4.78 is 4.55. The number of aliphatic hydroxyl groups excluding tert-OH is 1. The summed E-state index contributed by atoms with van der Waals surface area (Å²) in [6, 6.07) is 4.23. The van der Waals surface area contributed by atoms with Crippen LogP contribution in [0, 0.1) is 0 Å². The molecule has 0 spiro atoms.